The summed E-state index contributed by atoms with van der Waals surface area (Å²) in [6, 6.07) is 0. The van der Waals surface area contributed by atoms with Gasteiger partial charge in [-0.3, -0.25) is 0 Å². The van der Waals surface area contributed by atoms with Gasteiger partial charge in [-0.15, -0.1) is 0 Å². The molecule has 0 rings (SSSR count). The summed E-state index contributed by atoms with van der Waals surface area (Å²) in [5.41, 5.74) is 0. The van der Waals surface area contributed by atoms with Crippen molar-refractivity contribution < 1.29 is 45.1 Å². The minimum atomic E-state index is 0. The standard InChI is InChI=1S/2ClH.Li.Mg.H/h2*1H;;;/q;;+1;+2;-1/p-2. The number of halogens is 2. The molecular formula is HCl2LiMg. The van der Waals surface area contributed by atoms with Gasteiger partial charge < -0.3 is 26.2 Å². The number of rotatable bonds is 0. The topological polar surface area (TPSA) is 0 Å². The van der Waals surface area contributed by atoms with Crippen LogP contribution in [0.4, 0.5) is 0 Å². The molecule has 0 N–H and O–H groups in total. The summed E-state index contributed by atoms with van der Waals surface area (Å²) in [6.07, 6.45) is 0. The minimum absolute atomic E-state index is 0. The van der Waals surface area contributed by atoms with Gasteiger partial charge in [0, 0.05) is 0 Å². The van der Waals surface area contributed by atoms with E-state index < -0.39 is 0 Å². The first-order valence-corrected chi connectivity index (χ1v) is 0. The predicted octanol–water partition coefficient (Wildman–Crippen LogP) is -9.26. The van der Waals surface area contributed by atoms with Gasteiger partial charge >= 0.3 is 41.9 Å². The molecule has 18 valence electrons. The van der Waals surface area contributed by atoms with Crippen LogP contribution in [0.3, 0.4) is 0 Å². The van der Waals surface area contributed by atoms with E-state index in [1.165, 1.54) is 0 Å². The molecule has 0 aliphatic rings. The van der Waals surface area contributed by atoms with Gasteiger partial charge in [0.2, 0.25) is 0 Å². The fourth-order valence-electron chi connectivity index (χ4n) is 0. The van der Waals surface area contributed by atoms with E-state index >= 15 is 0 Å². The Hall–Kier alpha value is 1.94. The summed E-state index contributed by atoms with van der Waals surface area (Å²) in [5.74, 6) is 0. The maximum absolute atomic E-state index is 0. The van der Waals surface area contributed by atoms with E-state index in [4.69, 9.17) is 0 Å². The minimum Gasteiger partial charge on any atom is -1.00 e. The molecule has 0 aliphatic heterocycles. The Morgan fingerprint density at radius 3 is 1.00 bits per heavy atom. The molecule has 0 fully saturated rings. The van der Waals surface area contributed by atoms with Crippen LogP contribution in [0.5, 0.6) is 0 Å². The SMILES string of the molecule is [Cl-].[Cl-].[H-].[Li+].[Mg+2]. The molecule has 0 amide bonds. The van der Waals surface area contributed by atoms with Crippen LogP contribution < -0.4 is 43.7 Å². The summed E-state index contributed by atoms with van der Waals surface area (Å²) in [5, 5.41) is 0. The number of hydrogen-bond acceptors (Lipinski definition) is 0. The molecule has 0 aromatic carbocycles. The van der Waals surface area contributed by atoms with Crippen LogP contribution in [-0.4, -0.2) is 23.1 Å². The fraction of sp³-hybridized carbons (Fsp3) is 0. The average Bonchev–Trinajstić information content (AvgIpc) is 0. The molecule has 4 heavy (non-hydrogen) atoms. The predicted molar refractivity (Wildman–Crippen MR) is 6.87 cm³/mol. The zero-order valence-electron chi connectivity index (χ0n) is 3.46. The van der Waals surface area contributed by atoms with Gasteiger partial charge in [0.25, 0.3) is 0 Å². The molecule has 0 saturated heterocycles. The third-order valence-corrected chi connectivity index (χ3v) is 0. The summed E-state index contributed by atoms with van der Waals surface area (Å²) in [6.45, 7) is 0. The van der Waals surface area contributed by atoms with Gasteiger partial charge in [-0.1, -0.05) is 0 Å². The van der Waals surface area contributed by atoms with E-state index in [0.717, 1.165) is 0 Å². The Bertz CT molecular complexity index is 9.61. The largest absolute Gasteiger partial charge is 2.00 e. The molecule has 4 heteroatoms. The number of hydrogen-bond donors (Lipinski definition) is 0. The van der Waals surface area contributed by atoms with Gasteiger partial charge in [-0.25, -0.2) is 0 Å². The maximum atomic E-state index is 0. The smallest absolute Gasteiger partial charge is 1.00 e. The molecule has 0 nitrogen and oxygen atoms in total. The quantitative estimate of drug-likeness (QED) is 0.267. The Labute approximate surface area is 67.7 Å². The van der Waals surface area contributed by atoms with Crippen LogP contribution >= 0.6 is 0 Å². The molecule has 0 aromatic rings. The second-order valence-corrected chi connectivity index (χ2v) is 0. The molecular weight excluding hydrogens is 102 g/mol. The molecule has 0 heterocycles. The second kappa shape index (κ2) is 20.4. The van der Waals surface area contributed by atoms with Gasteiger partial charge in [0.1, 0.15) is 0 Å². The fourth-order valence-corrected chi connectivity index (χ4v) is 0. The van der Waals surface area contributed by atoms with E-state index in [-0.39, 0.29) is 68.2 Å². The monoisotopic (exact) mass is 102 g/mol. The van der Waals surface area contributed by atoms with Crippen molar-refractivity contribution in [3.63, 3.8) is 0 Å². The molecule has 0 unspecified atom stereocenters. The van der Waals surface area contributed by atoms with E-state index in [1.807, 2.05) is 0 Å². The Balaban J connectivity index is 0. The van der Waals surface area contributed by atoms with Crippen molar-refractivity contribution in [3.8, 4) is 0 Å². The van der Waals surface area contributed by atoms with Crippen LogP contribution in [0.1, 0.15) is 1.43 Å². The van der Waals surface area contributed by atoms with Crippen molar-refractivity contribution >= 4 is 23.1 Å². The zero-order chi connectivity index (χ0) is 0. The molecule has 0 aliphatic carbocycles. The van der Waals surface area contributed by atoms with Gasteiger partial charge in [0.05, 0.1) is 0 Å². The van der Waals surface area contributed by atoms with Crippen molar-refractivity contribution in [2.24, 2.45) is 0 Å². The van der Waals surface area contributed by atoms with Crippen LogP contribution in [0, 0.1) is 0 Å². The summed E-state index contributed by atoms with van der Waals surface area (Å²) in [4.78, 5) is 0. The normalized spacial score (nSPS) is 0. The molecule has 0 spiro atoms. The van der Waals surface area contributed by atoms with E-state index in [9.17, 15) is 0 Å². The molecule has 0 aromatic heterocycles. The van der Waals surface area contributed by atoms with Gasteiger partial charge in [-0.2, -0.15) is 0 Å². The first-order valence-electron chi connectivity index (χ1n) is 0. The molecule has 0 atom stereocenters. The first kappa shape index (κ1) is 38.5. The van der Waals surface area contributed by atoms with Crippen molar-refractivity contribution in [2.75, 3.05) is 0 Å². The zero-order valence-corrected chi connectivity index (χ0v) is 5.39. The summed E-state index contributed by atoms with van der Waals surface area (Å²) < 4.78 is 0. The molecule has 0 saturated carbocycles. The Morgan fingerprint density at radius 2 is 1.00 bits per heavy atom. The second-order valence-electron chi connectivity index (χ2n) is 0. The first-order chi connectivity index (χ1) is 0. The molecule has 0 radical (unpaired) electrons. The van der Waals surface area contributed by atoms with Crippen molar-refractivity contribution in [2.45, 2.75) is 0 Å². The summed E-state index contributed by atoms with van der Waals surface area (Å²) >= 11 is 0. The molecule has 0 bridgehead atoms. The van der Waals surface area contributed by atoms with Crippen LogP contribution in [0.15, 0.2) is 0 Å². The van der Waals surface area contributed by atoms with Crippen molar-refractivity contribution in [1.29, 1.82) is 0 Å². The van der Waals surface area contributed by atoms with Gasteiger partial charge in [-0.05, 0) is 0 Å². The Morgan fingerprint density at radius 1 is 1.00 bits per heavy atom. The van der Waals surface area contributed by atoms with Crippen LogP contribution in [0.2, 0.25) is 0 Å². The van der Waals surface area contributed by atoms with E-state index in [2.05, 4.69) is 0 Å². The maximum Gasteiger partial charge on any atom is 2.00 e. The van der Waals surface area contributed by atoms with Gasteiger partial charge in [0.15, 0.2) is 0 Å². The van der Waals surface area contributed by atoms with Crippen molar-refractivity contribution in [3.05, 3.63) is 0 Å². The van der Waals surface area contributed by atoms with Crippen molar-refractivity contribution in [1.82, 2.24) is 0 Å². The van der Waals surface area contributed by atoms with E-state index in [1.54, 1.807) is 0 Å². The third-order valence-electron chi connectivity index (χ3n) is 0. The Kier molecular flexibility index (Phi) is 196. The third kappa shape index (κ3) is 9.05. The van der Waals surface area contributed by atoms with Crippen LogP contribution in [0.25, 0.3) is 0 Å². The van der Waals surface area contributed by atoms with Crippen LogP contribution in [-0.2, 0) is 0 Å². The van der Waals surface area contributed by atoms with E-state index in [0.29, 0.717) is 0 Å². The summed E-state index contributed by atoms with van der Waals surface area (Å²) in [7, 11) is 0. The average molecular weight is 103 g/mol.